The number of piperidine rings is 1. The topological polar surface area (TPSA) is 26.7 Å². The highest BCUT2D eigenvalue weighted by molar-refractivity contribution is 9.10. The first-order chi connectivity index (χ1) is 9.69. The van der Waals surface area contributed by atoms with E-state index in [0.29, 0.717) is 12.1 Å². The molecule has 0 bridgehead atoms. The van der Waals surface area contributed by atoms with Gasteiger partial charge in [-0.3, -0.25) is 4.90 Å². The molecular weight excluding hydrogens is 316 g/mol. The van der Waals surface area contributed by atoms with Gasteiger partial charge in [0.05, 0.1) is 6.61 Å². The first-order valence-electron chi connectivity index (χ1n) is 7.59. The molecule has 2 unspecified atom stereocenters. The van der Waals surface area contributed by atoms with Gasteiger partial charge in [-0.1, -0.05) is 28.4 Å². The third-order valence-corrected chi connectivity index (χ3v) is 5.21. The number of aliphatic hydroxyl groups excluding tert-OH is 1. The SMILES string of the molecule is CC1CN2CCCCC2CN1c1cc(Br)ccc1CO. The smallest absolute Gasteiger partial charge is 0.0702 e. The van der Waals surface area contributed by atoms with E-state index in [1.54, 1.807) is 0 Å². The summed E-state index contributed by atoms with van der Waals surface area (Å²) in [5.41, 5.74) is 2.23. The van der Waals surface area contributed by atoms with Crippen LogP contribution in [0.1, 0.15) is 31.7 Å². The minimum atomic E-state index is 0.111. The van der Waals surface area contributed by atoms with Crippen molar-refractivity contribution >= 4 is 21.6 Å². The van der Waals surface area contributed by atoms with Crippen LogP contribution >= 0.6 is 15.9 Å². The molecule has 0 radical (unpaired) electrons. The van der Waals surface area contributed by atoms with Gasteiger partial charge in [0.1, 0.15) is 0 Å². The van der Waals surface area contributed by atoms with Crippen molar-refractivity contribution in [2.24, 2.45) is 0 Å². The molecule has 20 heavy (non-hydrogen) atoms. The van der Waals surface area contributed by atoms with E-state index >= 15 is 0 Å². The van der Waals surface area contributed by atoms with Crippen LogP contribution in [0.15, 0.2) is 22.7 Å². The molecule has 1 aromatic rings. The zero-order chi connectivity index (χ0) is 14.1. The molecule has 3 rings (SSSR count). The number of piperazine rings is 1. The summed E-state index contributed by atoms with van der Waals surface area (Å²) in [5.74, 6) is 0. The quantitative estimate of drug-likeness (QED) is 0.897. The van der Waals surface area contributed by atoms with Gasteiger partial charge >= 0.3 is 0 Å². The molecule has 2 saturated heterocycles. The summed E-state index contributed by atoms with van der Waals surface area (Å²) in [5, 5.41) is 9.61. The summed E-state index contributed by atoms with van der Waals surface area (Å²) in [6.45, 7) is 5.90. The van der Waals surface area contributed by atoms with Crippen LogP contribution in [0.2, 0.25) is 0 Å². The maximum atomic E-state index is 9.61. The fraction of sp³-hybridized carbons (Fsp3) is 0.625. The van der Waals surface area contributed by atoms with Crippen LogP contribution in [0.5, 0.6) is 0 Å². The van der Waals surface area contributed by atoms with Crippen LogP contribution in [0.25, 0.3) is 0 Å². The van der Waals surface area contributed by atoms with Gasteiger partial charge in [0.2, 0.25) is 0 Å². The molecule has 110 valence electrons. The van der Waals surface area contributed by atoms with E-state index in [-0.39, 0.29) is 6.61 Å². The van der Waals surface area contributed by atoms with E-state index in [1.807, 2.05) is 12.1 Å². The fourth-order valence-corrected chi connectivity index (χ4v) is 3.97. The molecule has 2 aliphatic heterocycles. The average molecular weight is 339 g/mol. The van der Waals surface area contributed by atoms with Crippen LogP contribution in [0, 0.1) is 0 Å². The minimum Gasteiger partial charge on any atom is -0.392 e. The average Bonchev–Trinajstić information content (AvgIpc) is 2.46. The number of fused-ring (bicyclic) bond motifs is 1. The van der Waals surface area contributed by atoms with Crippen LogP contribution in [0.4, 0.5) is 5.69 Å². The predicted molar refractivity (Wildman–Crippen MR) is 86.1 cm³/mol. The number of benzene rings is 1. The second kappa shape index (κ2) is 6.04. The van der Waals surface area contributed by atoms with Crippen molar-refractivity contribution < 1.29 is 5.11 Å². The largest absolute Gasteiger partial charge is 0.392 e. The lowest BCUT2D eigenvalue weighted by Crippen LogP contribution is -2.59. The van der Waals surface area contributed by atoms with Gasteiger partial charge < -0.3 is 10.0 Å². The first-order valence-corrected chi connectivity index (χ1v) is 8.38. The Bertz CT molecular complexity index is 480. The second-order valence-electron chi connectivity index (χ2n) is 6.08. The Hall–Kier alpha value is -0.580. The standard InChI is InChI=1S/C16H23BrN2O/c1-12-9-18-7-3-2-4-15(18)10-19(12)16-8-14(17)6-5-13(16)11-20/h5-6,8,12,15,20H,2-4,7,9-11H2,1H3. The lowest BCUT2D eigenvalue weighted by atomic mass is 9.96. The number of nitrogens with zero attached hydrogens (tertiary/aromatic N) is 2. The van der Waals surface area contributed by atoms with Gasteiger partial charge in [-0.25, -0.2) is 0 Å². The Labute approximate surface area is 129 Å². The van der Waals surface area contributed by atoms with E-state index in [2.05, 4.69) is 38.7 Å². The molecule has 0 amide bonds. The van der Waals surface area contributed by atoms with Crippen molar-refractivity contribution in [3.05, 3.63) is 28.2 Å². The number of hydrogen-bond donors (Lipinski definition) is 1. The zero-order valence-corrected chi connectivity index (χ0v) is 13.6. The number of anilines is 1. The Morgan fingerprint density at radius 2 is 2.15 bits per heavy atom. The number of hydrogen-bond acceptors (Lipinski definition) is 3. The summed E-state index contributed by atoms with van der Waals surface area (Å²) >= 11 is 3.56. The highest BCUT2D eigenvalue weighted by Crippen LogP contribution is 2.32. The predicted octanol–water partition coefficient (Wildman–Crippen LogP) is 3.00. The molecule has 1 aromatic carbocycles. The van der Waals surface area contributed by atoms with E-state index < -0.39 is 0 Å². The molecular formula is C16H23BrN2O. The number of aliphatic hydroxyl groups is 1. The third kappa shape index (κ3) is 2.74. The molecule has 2 heterocycles. The number of rotatable bonds is 2. The maximum Gasteiger partial charge on any atom is 0.0702 e. The highest BCUT2D eigenvalue weighted by atomic mass is 79.9. The van der Waals surface area contributed by atoms with Crippen molar-refractivity contribution in [2.75, 3.05) is 24.5 Å². The lowest BCUT2D eigenvalue weighted by molar-refractivity contribution is 0.115. The van der Waals surface area contributed by atoms with Crippen molar-refractivity contribution in [3.8, 4) is 0 Å². The fourth-order valence-electron chi connectivity index (χ4n) is 3.63. The Morgan fingerprint density at radius 1 is 1.30 bits per heavy atom. The van der Waals surface area contributed by atoms with E-state index in [0.717, 1.165) is 23.1 Å². The third-order valence-electron chi connectivity index (χ3n) is 4.71. The van der Waals surface area contributed by atoms with Crippen LogP contribution in [0.3, 0.4) is 0 Å². The van der Waals surface area contributed by atoms with Crippen molar-refractivity contribution in [1.29, 1.82) is 0 Å². The lowest BCUT2D eigenvalue weighted by Gasteiger charge is -2.49. The van der Waals surface area contributed by atoms with Crippen molar-refractivity contribution in [3.63, 3.8) is 0 Å². The van der Waals surface area contributed by atoms with Gasteiger partial charge in [0.25, 0.3) is 0 Å². The molecule has 0 spiro atoms. The van der Waals surface area contributed by atoms with E-state index in [9.17, 15) is 5.11 Å². The molecule has 2 aliphatic rings. The Kier molecular flexibility index (Phi) is 4.34. The van der Waals surface area contributed by atoms with Crippen LogP contribution in [-0.4, -0.2) is 41.7 Å². The summed E-state index contributed by atoms with van der Waals surface area (Å²) in [7, 11) is 0. The van der Waals surface area contributed by atoms with Crippen LogP contribution in [-0.2, 0) is 6.61 Å². The normalized spacial score (nSPS) is 27.4. The molecule has 1 N–H and O–H groups in total. The molecule has 0 aliphatic carbocycles. The van der Waals surface area contributed by atoms with E-state index in [1.165, 1.54) is 31.5 Å². The van der Waals surface area contributed by atoms with Gasteiger partial charge in [-0.2, -0.15) is 0 Å². The summed E-state index contributed by atoms with van der Waals surface area (Å²) in [6.07, 6.45) is 4.02. The summed E-state index contributed by atoms with van der Waals surface area (Å²) in [4.78, 5) is 5.14. The molecule has 0 aromatic heterocycles. The van der Waals surface area contributed by atoms with Crippen molar-refractivity contribution in [2.45, 2.75) is 44.9 Å². The van der Waals surface area contributed by atoms with E-state index in [4.69, 9.17) is 0 Å². The summed E-state index contributed by atoms with van der Waals surface area (Å²) in [6, 6.07) is 7.38. The molecule has 4 heteroatoms. The Morgan fingerprint density at radius 3 is 2.95 bits per heavy atom. The van der Waals surface area contributed by atoms with Gasteiger partial charge in [0, 0.05) is 40.9 Å². The minimum absolute atomic E-state index is 0.111. The molecule has 2 fully saturated rings. The summed E-state index contributed by atoms with van der Waals surface area (Å²) < 4.78 is 1.09. The first kappa shape index (κ1) is 14.4. The Balaban J connectivity index is 1.87. The zero-order valence-electron chi connectivity index (χ0n) is 12.1. The van der Waals surface area contributed by atoms with Crippen LogP contribution < -0.4 is 4.90 Å². The van der Waals surface area contributed by atoms with Crippen molar-refractivity contribution in [1.82, 2.24) is 4.90 Å². The second-order valence-corrected chi connectivity index (χ2v) is 6.99. The molecule has 2 atom stereocenters. The van der Waals surface area contributed by atoms with Gasteiger partial charge in [-0.15, -0.1) is 0 Å². The monoisotopic (exact) mass is 338 g/mol. The molecule has 3 nitrogen and oxygen atoms in total. The number of halogens is 1. The molecule has 0 saturated carbocycles. The highest BCUT2D eigenvalue weighted by Gasteiger charge is 2.33. The maximum absolute atomic E-state index is 9.61. The van der Waals surface area contributed by atoms with Gasteiger partial charge in [-0.05, 0) is 38.4 Å². The van der Waals surface area contributed by atoms with Gasteiger partial charge in [0.15, 0.2) is 0 Å².